The second kappa shape index (κ2) is 4.02. The van der Waals surface area contributed by atoms with Crippen molar-refractivity contribution in [1.82, 2.24) is 0 Å². The van der Waals surface area contributed by atoms with E-state index in [0.717, 1.165) is 0 Å². The topological polar surface area (TPSA) is 75.7 Å². The lowest BCUT2D eigenvalue weighted by Crippen LogP contribution is -1.92. The van der Waals surface area contributed by atoms with Gasteiger partial charge in [-0.1, -0.05) is 12.1 Å². The molecule has 2 aromatic carbocycles. The van der Waals surface area contributed by atoms with Crippen molar-refractivity contribution in [3.63, 3.8) is 0 Å². The molecular formula is C12H11NO3. The standard InChI is InChI=1S/C12H11NO3/c13-12-10(15)5-2-6-11(12)16-9-4-1-3-8(14)7-9/h1-7,14-15H,13H2. The van der Waals surface area contributed by atoms with Crippen molar-refractivity contribution in [2.24, 2.45) is 0 Å². The number of aromatic hydroxyl groups is 2. The molecule has 0 aliphatic carbocycles. The van der Waals surface area contributed by atoms with E-state index < -0.39 is 0 Å². The molecular weight excluding hydrogens is 206 g/mol. The number of phenols is 2. The molecule has 0 amide bonds. The third-order valence-electron chi connectivity index (χ3n) is 2.09. The predicted molar refractivity (Wildman–Crippen MR) is 60.7 cm³/mol. The van der Waals surface area contributed by atoms with Crippen LogP contribution < -0.4 is 10.5 Å². The molecule has 0 radical (unpaired) electrons. The minimum Gasteiger partial charge on any atom is -0.508 e. The molecule has 0 aliphatic heterocycles. The van der Waals surface area contributed by atoms with Crippen molar-refractivity contribution in [2.45, 2.75) is 0 Å². The van der Waals surface area contributed by atoms with E-state index >= 15 is 0 Å². The van der Waals surface area contributed by atoms with Gasteiger partial charge in [0.2, 0.25) is 0 Å². The molecule has 4 nitrogen and oxygen atoms in total. The van der Waals surface area contributed by atoms with Gasteiger partial charge >= 0.3 is 0 Å². The zero-order valence-corrected chi connectivity index (χ0v) is 8.42. The van der Waals surface area contributed by atoms with Crippen LogP contribution in [0.3, 0.4) is 0 Å². The van der Waals surface area contributed by atoms with Gasteiger partial charge in [0.25, 0.3) is 0 Å². The van der Waals surface area contributed by atoms with E-state index in [1.54, 1.807) is 30.3 Å². The van der Waals surface area contributed by atoms with Gasteiger partial charge in [-0.2, -0.15) is 0 Å². The van der Waals surface area contributed by atoms with Crippen LogP contribution in [0.5, 0.6) is 23.0 Å². The third-order valence-corrected chi connectivity index (χ3v) is 2.09. The molecule has 0 saturated carbocycles. The van der Waals surface area contributed by atoms with Gasteiger partial charge in [-0.15, -0.1) is 0 Å². The van der Waals surface area contributed by atoms with Crippen LogP contribution in [0.15, 0.2) is 42.5 Å². The van der Waals surface area contributed by atoms with Crippen molar-refractivity contribution >= 4 is 5.69 Å². The van der Waals surface area contributed by atoms with Crippen LogP contribution in [0.4, 0.5) is 5.69 Å². The van der Waals surface area contributed by atoms with Gasteiger partial charge in [0, 0.05) is 6.07 Å². The lowest BCUT2D eigenvalue weighted by Gasteiger charge is -2.09. The molecule has 0 unspecified atom stereocenters. The maximum atomic E-state index is 9.38. The van der Waals surface area contributed by atoms with Crippen LogP contribution in [0, 0.1) is 0 Å². The Balaban J connectivity index is 2.31. The Hall–Kier alpha value is -2.36. The summed E-state index contributed by atoms with van der Waals surface area (Å²) in [5.41, 5.74) is 5.80. The predicted octanol–water partition coefficient (Wildman–Crippen LogP) is 2.47. The van der Waals surface area contributed by atoms with Crippen LogP contribution in [0.1, 0.15) is 0 Å². The lowest BCUT2D eigenvalue weighted by molar-refractivity contribution is 0.449. The molecule has 0 aliphatic rings. The quantitative estimate of drug-likeness (QED) is 0.533. The Kier molecular flexibility index (Phi) is 2.55. The molecule has 16 heavy (non-hydrogen) atoms. The zero-order chi connectivity index (χ0) is 11.5. The molecule has 2 rings (SSSR count). The van der Waals surface area contributed by atoms with Crippen molar-refractivity contribution in [3.05, 3.63) is 42.5 Å². The average Bonchev–Trinajstić information content (AvgIpc) is 2.25. The number of nitrogen functional groups attached to an aromatic ring is 1. The summed E-state index contributed by atoms with van der Waals surface area (Å²) in [5, 5.41) is 18.6. The number of anilines is 1. The Labute approximate surface area is 92.5 Å². The van der Waals surface area contributed by atoms with Crippen LogP contribution in [-0.4, -0.2) is 10.2 Å². The summed E-state index contributed by atoms with van der Waals surface area (Å²) >= 11 is 0. The average molecular weight is 217 g/mol. The molecule has 4 N–H and O–H groups in total. The maximum Gasteiger partial charge on any atom is 0.154 e. The second-order valence-electron chi connectivity index (χ2n) is 3.29. The second-order valence-corrected chi connectivity index (χ2v) is 3.29. The summed E-state index contributed by atoms with van der Waals surface area (Å²) < 4.78 is 5.43. The fourth-order valence-electron chi connectivity index (χ4n) is 1.30. The van der Waals surface area contributed by atoms with E-state index in [1.165, 1.54) is 12.1 Å². The molecule has 0 fully saturated rings. The summed E-state index contributed by atoms with van der Waals surface area (Å²) in [7, 11) is 0. The first-order valence-electron chi connectivity index (χ1n) is 4.71. The highest BCUT2D eigenvalue weighted by Crippen LogP contribution is 2.34. The number of rotatable bonds is 2. The van der Waals surface area contributed by atoms with Crippen LogP contribution in [0.2, 0.25) is 0 Å². The largest absolute Gasteiger partial charge is 0.508 e. The minimum absolute atomic E-state index is 0.0300. The van der Waals surface area contributed by atoms with Crippen LogP contribution >= 0.6 is 0 Å². The minimum atomic E-state index is -0.0300. The summed E-state index contributed by atoms with van der Waals surface area (Å²) in [4.78, 5) is 0. The van der Waals surface area contributed by atoms with Gasteiger partial charge < -0.3 is 20.7 Å². The Bertz CT molecular complexity index is 511. The summed E-state index contributed by atoms with van der Waals surface area (Å²) in [6.07, 6.45) is 0. The van der Waals surface area contributed by atoms with E-state index in [0.29, 0.717) is 11.5 Å². The smallest absolute Gasteiger partial charge is 0.154 e. The summed E-state index contributed by atoms with van der Waals surface area (Å²) in [6, 6.07) is 11.1. The number of hydrogen-bond donors (Lipinski definition) is 3. The van der Waals surface area contributed by atoms with Crippen LogP contribution in [0.25, 0.3) is 0 Å². The molecule has 0 atom stereocenters. The van der Waals surface area contributed by atoms with E-state index in [1.807, 2.05) is 0 Å². The maximum absolute atomic E-state index is 9.38. The van der Waals surface area contributed by atoms with E-state index in [9.17, 15) is 10.2 Å². The van der Waals surface area contributed by atoms with E-state index in [4.69, 9.17) is 10.5 Å². The molecule has 0 aromatic heterocycles. The normalized spacial score (nSPS) is 10.0. The molecule has 0 saturated heterocycles. The molecule has 0 heterocycles. The lowest BCUT2D eigenvalue weighted by atomic mass is 10.2. The first-order chi connectivity index (χ1) is 7.66. The first kappa shape index (κ1) is 10.2. The van der Waals surface area contributed by atoms with E-state index in [2.05, 4.69) is 0 Å². The fourth-order valence-corrected chi connectivity index (χ4v) is 1.30. The Morgan fingerprint density at radius 3 is 2.50 bits per heavy atom. The van der Waals surface area contributed by atoms with Gasteiger partial charge in [-0.3, -0.25) is 0 Å². The van der Waals surface area contributed by atoms with Gasteiger partial charge in [-0.05, 0) is 24.3 Å². The first-order valence-corrected chi connectivity index (χ1v) is 4.71. The van der Waals surface area contributed by atoms with Crippen LogP contribution in [-0.2, 0) is 0 Å². The number of benzene rings is 2. The van der Waals surface area contributed by atoms with Gasteiger partial charge in [0.15, 0.2) is 5.75 Å². The SMILES string of the molecule is Nc1c(O)cccc1Oc1cccc(O)c1. The summed E-state index contributed by atoms with van der Waals surface area (Å²) in [5.74, 6) is 0.886. The third kappa shape index (κ3) is 2.00. The molecule has 0 bridgehead atoms. The van der Waals surface area contributed by atoms with Gasteiger partial charge in [0.05, 0.1) is 0 Å². The number of hydrogen-bond acceptors (Lipinski definition) is 4. The van der Waals surface area contributed by atoms with Gasteiger partial charge in [0.1, 0.15) is 22.9 Å². The molecule has 0 spiro atoms. The number of nitrogens with two attached hydrogens (primary N) is 1. The van der Waals surface area contributed by atoms with Crippen molar-refractivity contribution < 1.29 is 14.9 Å². The number of ether oxygens (including phenoxy) is 1. The van der Waals surface area contributed by atoms with Crippen molar-refractivity contribution in [3.8, 4) is 23.0 Å². The van der Waals surface area contributed by atoms with Crippen molar-refractivity contribution in [2.75, 3.05) is 5.73 Å². The monoisotopic (exact) mass is 217 g/mol. The summed E-state index contributed by atoms with van der Waals surface area (Å²) in [6.45, 7) is 0. The van der Waals surface area contributed by atoms with Crippen molar-refractivity contribution in [1.29, 1.82) is 0 Å². The van der Waals surface area contributed by atoms with E-state index in [-0.39, 0.29) is 17.2 Å². The Morgan fingerprint density at radius 2 is 1.75 bits per heavy atom. The number of para-hydroxylation sites is 1. The highest BCUT2D eigenvalue weighted by atomic mass is 16.5. The molecule has 82 valence electrons. The van der Waals surface area contributed by atoms with Gasteiger partial charge in [-0.25, -0.2) is 0 Å². The number of phenolic OH excluding ortho intramolecular Hbond substituents is 2. The molecule has 2 aromatic rings. The molecule has 4 heteroatoms. The highest BCUT2D eigenvalue weighted by Gasteiger charge is 2.05. The Morgan fingerprint density at radius 1 is 1.00 bits per heavy atom. The zero-order valence-electron chi connectivity index (χ0n) is 8.42. The fraction of sp³-hybridized carbons (Fsp3) is 0. The highest BCUT2D eigenvalue weighted by molar-refractivity contribution is 5.62.